The minimum Gasteiger partial charge on any atom is -0.494 e. The fourth-order valence-corrected chi connectivity index (χ4v) is 3.00. The number of benzene rings is 1. The van der Waals surface area contributed by atoms with Crippen LogP contribution < -0.4 is 10.1 Å². The first-order valence-electron chi connectivity index (χ1n) is 9.56. The van der Waals surface area contributed by atoms with Crippen molar-refractivity contribution in [2.45, 2.75) is 37.7 Å². The Labute approximate surface area is 171 Å². The third-order valence-electron chi connectivity index (χ3n) is 4.74. The summed E-state index contributed by atoms with van der Waals surface area (Å²) in [5.41, 5.74) is -0.365. The molecule has 29 heavy (non-hydrogen) atoms. The van der Waals surface area contributed by atoms with E-state index in [2.05, 4.69) is 16.9 Å². The summed E-state index contributed by atoms with van der Waals surface area (Å²) in [7, 11) is 3.02. The zero-order valence-corrected chi connectivity index (χ0v) is 17.2. The number of nitrogens with one attached hydrogen (secondary N) is 1. The number of hydrogen-bond donors (Lipinski definition) is 2. The number of methoxy groups -OCH3 is 2. The summed E-state index contributed by atoms with van der Waals surface area (Å²) in [5.74, 6) is 0.809. The van der Waals surface area contributed by atoms with Gasteiger partial charge in [0.2, 0.25) is 5.90 Å². The van der Waals surface area contributed by atoms with E-state index < -0.39 is 17.9 Å². The van der Waals surface area contributed by atoms with Crippen molar-refractivity contribution in [1.29, 1.82) is 0 Å². The number of carbonyl (C=O) groups excluding carboxylic acids is 1. The highest BCUT2D eigenvalue weighted by atomic mass is 16.7. The summed E-state index contributed by atoms with van der Waals surface area (Å²) < 4.78 is 21.7. The number of aliphatic hydroxyl groups is 1. The molecule has 0 aromatic heterocycles. The Kier molecular flexibility index (Phi) is 8.63. The Hall–Kier alpha value is -2.42. The summed E-state index contributed by atoms with van der Waals surface area (Å²) in [5, 5.41) is 11.7. The van der Waals surface area contributed by atoms with Gasteiger partial charge in [-0.3, -0.25) is 4.79 Å². The van der Waals surface area contributed by atoms with Crippen molar-refractivity contribution >= 4 is 11.8 Å². The largest absolute Gasteiger partial charge is 0.494 e. The third kappa shape index (κ3) is 5.56. The van der Waals surface area contributed by atoms with Crippen molar-refractivity contribution in [3.8, 4) is 5.75 Å². The van der Waals surface area contributed by atoms with Crippen LogP contribution in [0.1, 0.15) is 25.3 Å². The molecule has 0 fully saturated rings. The summed E-state index contributed by atoms with van der Waals surface area (Å²) in [6.45, 7) is 6.31. The fourth-order valence-electron chi connectivity index (χ4n) is 3.00. The second-order valence-electron chi connectivity index (χ2n) is 6.66. The van der Waals surface area contributed by atoms with Crippen LogP contribution in [0.15, 0.2) is 41.9 Å². The number of nitrogens with zero attached hydrogens (tertiary/aromatic N) is 1. The number of hydrogen-bond acceptors (Lipinski definition) is 7. The lowest BCUT2D eigenvalue weighted by molar-refractivity contribution is -0.133. The Balaban J connectivity index is 2.17. The fraction of sp³-hybridized carbons (Fsp3) is 0.524. The van der Waals surface area contributed by atoms with Gasteiger partial charge in [-0.1, -0.05) is 6.08 Å². The molecule has 8 nitrogen and oxygen atoms in total. The van der Waals surface area contributed by atoms with Crippen LogP contribution in [-0.4, -0.2) is 68.8 Å². The molecule has 0 bridgehead atoms. The lowest BCUT2D eigenvalue weighted by atomic mass is 9.89. The molecule has 0 aliphatic carbocycles. The van der Waals surface area contributed by atoms with Crippen LogP contribution in [0.4, 0.5) is 0 Å². The molecule has 0 saturated heterocycles. The van der Waals surface area contributed by atoms with E-state index in [0.29, 0.717) is 31.1 Å². The van der Waals surface area contributed by atoms with Gasteiger partial charge in [0.25, 0.3) is 5.91 Å². The molecule has 1 amide bonds. The van der Waals surface area contributed by atoms with E-state index in [1.807, 2.05) is 19.1 Å². The Morgan fingerprint density at radius 3 is 2.66 bits per heavy atom. The smallest absolute Gasteiger partial charge is 0.252 e. The molecule has 0 spiro atoms. The Morgan fingerprint density at radius 2 is 2.07 bits per heavy atom. The van der Waals surface area contributed by atoms with E-state index in [1.165, 1.54) is 14.2 Å². The summed E-state index contributed by atoms with van der Waals surface area (Å²) in [6.07, 6.45) is 1.55. The number of carbonyl (C=O) groups is 1. The molecule has 0 saturated carbocycles. The zero-order valence-electron chi connectivity index (χ0n) is 17.2. The first kappa shape index (κ1) is 22.9. The van der Waals surface area contributed by atoms with E-state index in [0.717, 1.165) is 5.56 Å². The summed E-state index contributed by atoms with van der Waals surface area (Å²) >= 11 is 0. The van der Waals surface area contributed by atoms with Gasteiger partial charge in [0.15, 0.2) is 11.8 Å². The van der Waals surface area contributed by atoms with Crippen molar-refractivity contribution in [1.82, 2.24) is 5.32 Å². The van der Waals surface area contributed by atoms with Crippen LogP contribution in [0, 0.1) is 0 Å². The molecule has 0 unspecified atom stereocenters. The predicted octanol–water partition coefficient (Wildman–Crippen LogP) is 1.66. The highest BCUT2D eigenvalue weighted by molar-refractivity contribution is 6.00. The lowest BCUT2D eigenvalue weighted by Crippen LogP contribution is -2.52. The average Bonchev–Trinajstić information content (AvgIpc) is 3.07. The Morgan fingerprint density at radius 1 is 1.38 bits per heavy atom. The van der Waals surface area contributed by atoms with Crippen LogP contribution in [-0.2, 0) is 19.0 Å². The third-order valence-corrected chi connectivity index (χ3v) is 4.74. The van der Waals surface area contributed by atoms with Crippen LogP contribution in [0.3, 0.4) is 0 Å². The maximum atomic E-state index is 13.0. The molecule has 2 atom stereocenters. The van der Waals surface area contributed by atoms with Crippen molar-refractivity contribution in [3.05, 3.63) is 42.5 Å². The molecule has 1 aliphatic rings. The first-order valence-corrected chi connectivity index (χ1v) is 9.56. The van der Waals surface area contributed by atoms with Crippen LogP contribution in [0.2, 0.25) is 0 Å². The zero-order chi connectivity index (χ0) is 21.3. The quantitative estimate of drug-likeness (QED) is 0.311. The Bertz CT molecular complexity index is 702. The van der Waals surface area contributed by atoms with Gasteiger partial charge in [0.05, 0.1) is 13.2 Å². The second-order valence-corrected chi connectivity index (χ2v) is 6.66. The summed E-state index contributed by atoms with van der Waals surface area (Å²) in [6, 6.07) is 7.26. The van der Waals surface area contributed by atoms with E-state index in [4.69, 9.17) is 24.1 Å². The molecule has 1 aromatic rings. The number of aliphatic hydroxyl groups excluding tert-OH is 1. The molecular formula is C21H30N2O6. The average molecular weight is 406 g/mol. The van der Waals surface area contributed by atoms with Crippen molar-refractivity contribution in [2.24, 2.45) is 4.99 Å². The van der Waals surface area contributed by atoms with E-state index >= 15 is 0 Å². The van der Waals surface area contributed by atoms with Crippen molar-refractivity contribution in [2.75, 3.05) is 34.0 Å². The minimum absolute atomic E-state index is 0.0869. The SMILES string of the molecule is C=CC[C@@]1(C(=O)NCC(OC)OC)N=C(c2ccc(OCCCO)cc2)O[C@@H]1C. The molecule has 2 N–H and O–H groups in total. The van der Waals surface area contributed by atoms with Crippen LogP contribution in [0.5, 0.6) is 5.75 Å². The maximum absolute atomic E-state index is 13.0. The number of aliphatic imine (C=N–C) groups is 1. The van der Waals surface area contributed by atoms with E-state index in [9.17, 15) is 4.79 Å². The van der Waals surface area contributed by atoms with Gasteiger partial charge in [-0.25, -0.2) is 4.99 Å². The van der Waals surface area contributed by atoms with Gasteiger partial charge in [0, 0.05) is 39.2 Å². The summed E-state index contributed by atoms with van der Waals surface area (Å²) in [4.78, 5) is 17.6. The second kappa shape index (κ2) is 10.9. The standard InChI is InChI=1S/C21H30N2O6/c1-5-11-21(20(25)22-14-18(26-3)27-4)15(2)29-19(23-21)16-7-9-17(10-8-16)28-13-6-12-24/h5,7-10,15,18,24H,1,6,11-14H2,2-4H3,(H,22,25)/t15-,21-/m1/s1. The van der Waals surface area contributed by atoms with Gasteiger partial charge in [0.1, 0.15) is 11.9 Å². The molecule has 1 heterocycles. The minimum atomic E-state index is -1.11. The van der Waals surface area contributed by atoms with Gasteiger partial charge in [-0.15, -0.1) is 6.58 Å². The lowest BCUT2D eigenvalue weighted by Gasteiger charge is -2.27. The normalized spacial score (nSPS) is 20.9. The van der Waals surface area contributed by atoms with E-state index in [-0.39, 0.29) is 19.1 Å². The predicted molar refractivity (Wildman–Crippen MR) is 109 cm³/mol. The molecular weight excluding hydrogens is 376 g/mol. The molecule has 1 aromatic carbocycles. The number of rotatable bonds is 12. The van der Waals surface area contributed by atoms with Crippen molar-refractivity contribution in [3.63, 3.8) is 0 Å². The van der Waals surface area contributed by atoms with Gasteiger partial charge >= 0.3 is 0 Å². The number of amides is 1. The van der Waals surface area contributed by atoms with Gasteiger partial charge in [-0.2, -0.15) is 0 Å². The topological polar surface area (TPSA) is 98.6 Å². The highest BCUT2D eigenvalue weighted by Gasteiger charge is 2.49. The van der Waals surface area contributed by atoms with Crippen LogP contribution >= 0.6 is 0 Å². The number of ether oxygens (including phenoxy) is 4. The monoisotopic (exact) mass is 406 g/mol. The molecule has 2 rings (SSSR count). The van der Waals surface area contributed by atoms with E-state index in [1.54, 1.807) is 18.2 Å². The van der Waals surface area contributed by atoms with Crippen LogP contribution in [0.25, 0.3) is 0 Å². The molecule has 1 aliphatic heterocycles. The molecule has 0 radical (unpaired) electrons. The molecule has 160 valence electrons. The highest BCUT2D eigenvalue weighted by Crippen LogP contribution is 2.32. The van der Waals surface area contributed by atoms with Gasteiger partial charge in [-0.05, 0) is 31.2 Å². The maximum Gasteiger partial charge on any atom is 0.252 e. The molecule has 8 heteroatoms. The van der Waals surface area contributed by atoms with Crippen molar-refractivity contribution < 1.29 is 28.8 Å². The van der Waals surface area contributed by atoms with Gasteiger partial charge < -0.3 is 29.4 Å². The first-order chi connectivity index (χ1) is 14.0.